The summed E-state index contributed by atoms with van der Waals surface area (Å²) in [4.78, 5) is 3.83. The fourth-order valence-corrected chi connectivity index (χ4v) is 3.27. The zero-order chi connectivity index (χ0) is 19.8. The molecule has 0 fully saturated rings. The van der Waals surface area contributed by atoms with E-state index in [9.17, 15) is 26.7 Å². The summed E-state index contributed by atoms with van der Waals surface area (Å²) in [6, 6.07) is 7.45. The van der Waals surface area contributed by atoms with Gasteiger partial charge in [0.1, 0.15) is 0 Å². The number of halogens is 3. The Bertz CT molecular complexity index is 1010. The van der Waals surface area contributed by atoms with Crippen molar-refractivity contribution in [2.45, 2.75) is 11.2 Å². The number of alkyl halides is 3. The number of aromatic nitrogens is 1. The highest BCUT2D eigenvalue weighted by Gasteiger charge is 2.30. The summed E-state index contributed by atoms with van der Waals surface area (Å²) in [6.07, 6.45) is 0.387. The molecule has 1 atom stereocenters. The van der Waals surface area contributed by atoms with Crippen molar-refractivity contribution in [3.63, 3.8) is 0 Å². The third-order valence-corrected chi connectivity index (χ3v) is 4.95. The molecule has 0 bridgehead atoms. The van der Waals surface area contributed by atoms with Gasteiger partial charge in [-0.1, -0.05) is 24.3 Å². The van der Waals surface area contributed by atoms with Crippen LogP contribution in [-0.2, 0) is 16.2 Å². The molecule has 0 spiro atoms. The van der Waals surface area contributed by atoms with Crippen LogP contribution in [0.5, 0.6) is 0 Å². The highest BCUT2D eigenvalue weighted by molar-refractivity contribution is 7.89. The average molecular weight is 396 g/mol. The van der Waals surface area contributed by atoms with Crippen molar-refractivity contribution in [1.29, 1.82) is 0 Å². The number of aliphatic hydroxyl groups is 1. The molecule has 0 radical (unpaired) electrons. The molecular weight excluding hydrogens is 381 g/mol. The summed E-state index contributed by atoms with van der Waals surface area (Å²) in [5, 5.41) is 14.2. The number of nitrogens with two attached hydrogens (primary N) is 1. The van der Waals surface area contributed by atoms with Gasteiger partial charge in [-0.25, -0.2) is 18.5 Å². The quantitative estimate of drug-likeness (QED) is 0.831. The van der Waals surface area contributed by atoms with Gasteiger partial charge in [-0.2, -0.15) is 13.2 Å². The van der Waals surface area contributed by atoms with E-state index in [1.54, 1.807) is 12.2 Å². The first-order valence-electron chi connectivity index (χ1n) is 7.81. The van der Waals surface area contributed by atoms with E-state index in [0.29, 0.717) is 22.3 Å². The van der Waals surface area contributed by atoms with Crippen LogP contribution in [0.3, 0.4) is 0 Å². The second-order valence-electron chi connectivity index (χ2n) is 6.01. The van der Waals surface area contributed by atoms with E-state index < -0.39 is 21.8 Å². The maximum absolute atomic E-state index is 12.8. The lowest BCUT2D eigenvalue weighted by atomic mass is 9.95. The lowest BCUT2D eigenvalue weighted by Gasteiger charge is -2.12. The minimum atomic E-state index is -4.43. The predicted molar refractivity (Wildman–Crippen MR) is 93.6 cm³/mol. The summed E-state index contributed by atoms with van der Waals surface area (Å²) < 4.78 is 60.9. The normalized spacial score (nSPS) is 17.6. The van der Waals surface area contributed by atoms with Gasteiger partial charge >= 0.3 is 6.18 Å². The van der Waals surface area contributed by atoms with Crippen LogP contribution in [0, 0.1) is 5.92 Å². The molecule has 2 aromatic rings. The van der Waals surface area contributed by atoms with Crippen molar-refractivity contribution >= 4 is 21.2 Å². The van der Waals surface area contributed by atoms with Gasteiger partial charge in [0, 0.05) is 17.7 Å². The summed E-state index contributed by atoms with van der Waals surface area (Å²) in [5.74, 6) is -0.310. The van der Waals surface area contributed by atoms with E-state index in [4.69, 9.17) is 5.14 Å². The van der Waals surface area contributed by atoms with Crippen LogP contribution in [0.2, 0.25) is 0 Å². The van der Waals surface area contributed by atoms with E-state index in [2.05, 4.69) is 4.98 Å². The van der Waals surface area contributed by atoms with Gasteiger partial charge in [0.2, 0.25) is 0 Å². The first-order valence-corrected chi connectivity index (χ1v) is 9.36. The van der Waals surface area contributed by atoms with Crippen molar-refractivity contribution in [2.24, 2.45) is 11.1 Å². The molecule has 1 aliphatic carbocycles. The third kappa shape index (κ3) is 4.10. The number of rotatable bonds is 4. The first kappa shape index (κ1) is 19.3. The number of benzene rings is 1. The number of hydrogen-bond acceptors (Lipinski definition) is 4. The Kier molecular flexibility index (Phi) is 4.94. The van der Waals surface area contributed by atoms with Crippen LogP contribution in [0.15, 0.2) is 59.8 Å². The predicted octanol–water partition coefficient (Wildman–Crippen LogP) is 2.84. The Labute approximate surface area is 153 Å². The Hall–Kier alpha value is -2.49. The summed E-state index contributed by atoms with van der Waals surface area (Å²) in [7, 11) is -3.93. The number of sulfonamides is 1. The van der Waals surface area contributed by atoms with E-state index >= 15 is 0 Å². The zero-order valence-corrected chi connectivity index (χ0v) is 14.6. The molecule has 3 rings (SSSR count). The SMILES string of the molecule is NS(=O)(=O)c1ccc(C2=CC(CO)C=C2c2ccc(C(F)(F)F)cc2)cn1. The molecule has 5 nitrogen and oxygen atoms in total. The minimum Gasteiger partial charge on any atom is -0.395 e. The fraction of sp³-hybridized carbons (Fsp3) is 0.167. The number of allylic oxidation sites excluding steroid dienone is 2. The summed E-state index contributed by atoms with van der Waals surface area (Å²) in [6.45, 7) is -0.170. The molecule has 1 aliphatic rings. The lowest BCUT2D eigenvalue weighted by molar-refractivity contribution is -0.137. The van der Waals surface area contributed by atoms with Crippen molar-refractivity contribution in [2.75, 3.05) is 6.61 Å². The van der Waals surface area contributed by atoms with E-state index in [0.717, 1.165) is 12.1 Å². The number of aliphatic hydroxyl groups excluding tert-OH is 1. The van der Waals surface area contributed by atoms with Crippen molar-refractivity contribution < 1.29 is 26.7 Å². The van der Waals surface area contributed by atoms with Crippen molar-refractivity contribution in [3.05, 3.63) is 71.4 Å². The van der Waals surface area contributed by atoms with Crippen LogP contribution in [-0.4, -0.2) is 25.1 Å². The van der Waals surface area contributed by atoms with Gasteiger partial charge in [-0.3, -0.25) is 0 Å². The van der Waals surface area contributed by atoms with Crippen LogP contribution < -0.4 is 5.14 Å². The average Bonchev–Trinajstić information content (AvgIpc) is 3.05. The lowest BCUT2D eigenvalue weighted by Crippen LogP contribution is -2.13. The maximum Gasteiger partial charge on any atom is 0.416 e. The van der Waals surface area contributed by atoms with Gasteiger partial charge in [-0.05, 0) is 41.0 Å². The Balaban J connectivity index is 1.98. The molecule has 1 aromatic heterocycles. The third-order valence-electron chi connectivity index (χ3n) is 4.12. The van der Waals surface area contributed by atoms with Crippen LogP contribution >= 0.6 is 0 Å². The van der Waals surface area contributed by atoms with Crippen molar-refractivity contribution in [3.8, 4) is 0 Å². The Morgan fingerprint density at radius 2 is 1.56 bits per heavy atom. The maximum atomic E-state index is 12.8. The molecule has 0 saturated carbocycles. The molecule has 27 heavy (non-hydrogen) atoms. The molecule has 9 heteroatoms. The molecule has 3 N–H and O–H groups in total. The number of pyridine rings is 1. The van der Waals surface area contributed by atoms with Gasteiger partial charge in [0.25, 0.3) is 10.0 Å². The van der Waals surface area contributed by atoms with Gasteiger partial charge in [-0.15, -0.1) is 0 Å². The first-order chi connectivity index (χ1) is 12.6. The number of nitrogens with zero attached hydrogens (tertiary/aromatic N) is 1. The van der Waals surface area contributed by atoms with Gasteiger partial charge in [0.15, 0.2) is 5.03 Å². The van der Waals surface area contributed by atoms with Gasteiger partial charge in [0.05, 0.1) is 12.2 Å². The fourth-order valence-electron chi connectivity index (χ4n) is 2.81. The minimum absolute atomic E-state index is 0.170. The van der Waals surface area contributed by atoms with E-state index in [1.165, 1.54) is 30.5 Å². The van der Waals surface area contributed by atoms with Crippen LogP contribution in [0.4, 0.5) is 13.2 Å². The monoisotopic (exact) mass is 396 g/mol. The highest BCUT2D eigenvalue weighted by atomic mass is 32.2. The molecular formula is C18H15F3N2O3S. The Morgan fingerprint density at radius 3 is 2.00 bits per heavy atom. The van der Waals surface area contributed by atoms with Crippen LogP contribution in [0.25, 0.3) is 11.1 Å². The molecule has 1 aromatic carbocycles. The molecule has 142 valence electrons. The second kappa shape index (κ2) is 6.91. The van der Waals surface area contributed by atoms with Crippen molar-refractivity contribution in [1.82, 2.24) is 4.98 Å². The molecule has 1 unspecified atom stereocenters. The standard InChI is InChI=1S/C18H15F3N2O3S/c19-18(20,21)14-4-1-12(2-5-14)15-7-11(10-24)8-16(15)13-3-6-17(23-9-13)27(22,25)26/h1-9,11,24H,10H2,(H2,22,25,26). The van der Waals surface area contributed by atoms with E-state index in [-0.39, 0.29) is 17.6 Å². The van der Waals surface area contributed by atoms with Gasteiger partial charge < -0.3 is 5.11 Å². The largest absolute Gasteiger partial charge is 0.416 e. The zero-order valence-electron chi connectivity index (χ0n) is 13.8. The molecule has 0 aliphatic heterocycles. The summed E-state index contributed by atoms with van der Waals surface area (Å²) >= 11 is 0. The number of hydrogen-bond donors (Lipinski definition) is 2. The number of primary sulfonamides is 1. The van der Waals surface area contributed by atoms with E-state index in [1.807, 2.05) is 0 Å². The highest BCUT2D eigenvalue weighted by Crippen LogP contribution is 2.39. The topological polar surface area (TPSA) is 93.3 Å². The van der Waals surface area contributed by atoms with Crippen LogP contribution in [0.1, 0.15) is 16.7 Å². The molecule has 0 saturated heterocycles. The second-order valence-corrected chi connectivity index (χ2v) is 7.52. The smallest absolute Gasteiger partial charge is 0.395 e. The Morgan fingerprint density at radius 1 is 1.00 bits per heavy atom. The summed E-state index contributed by atoms with van der Waals surface area (Å²) in [5.41, 5.74) is 1.62. The molecule has 0 amide bonds. The molecule has 1 heterocycles.